The van der Waals surface area contributed by atoms with E-state index in [0.29, 0.717) is 0 Å². The number of halogens is 1. The van der Waals surface area contributed by atoms with Gasteiger partial charge in [-0.05, 0) is 62.7 Å². The molecule has 1 saturated heterocycles. The third-order valence-corrected chi connectivity index (χ3v) is 4.46. The average molecular weight is 248 g/mol. The van der Waals surface area contributed by atoms with Crippen molar-refractivity contribution in [3.05, 3.63) is 29.6 Å². The van der Waals surface area contributed by atoms with Gasteiger partial charge in [0.15, 0.2) is 0 Å². The van der Waals surface area contributed by atoms with E-state index in [1.165, 1.54) is 5.56 Å². The number of aromatic nitrogens is 1. The van der Waals surface area contributed by atoms with Gasteiger partial charge in [-0.2, -0.15) is 0 Å². The van der Waals surface area contributed by atoms with Crippen LogP contribution < -0.4 is 5.32 Å². The number of hydrogen-bond acceptors (Lipinski definition) is 2. The number of alkyl halides is 1. The molecule has 2 aliphatic rings. The average Bonchev–Trinajstić information content (AvgIpc) is 2.47. The first-order valence-electron chi connectivity index (χ1n) is 7.15. The minimum absolute atomic E-state index is 0.0399. The van der Waals surface area contributed by atoms with E-state index in [-0.39, 0.29) is 11.8 Å². The van der Waals surface area contributed by atoms with Gasteiger partial charge in [-0.25, -0.2) is 4.39 Å². The van der Waals surface area contributed by atoms with Crippen LogP contribution in [0, 0.1) is 5.92 Å². The van der Waals surface area contributed by atoms with Gasteiger partial charge in [0.2, 0.25) is 0 Å². The SMILES string of the molecule is FC(C1CCNCC1)C1CCCc2cccnc21. The van der Waals surface area contributed by atoms with Gasteiger partial charge in [0.1, 0.15) is 6.17 Å². The highest BCUT2D eigenvalue weighted by Gasteiger charge is 2.34. The number of pyridine rings is 1. The first-order valence-corrected chi connectivity index (χ1v) is 7.15. The molecule has 1 N–H and O–H groups in total. The van der Waals surface area contributed by atoms with Gasteiger partial charge in [-0.15, -0.1) is 0 Å². The lowest BCUT2D eigenvalue weighted by Gasteiger charge is -2.33. The molecule has 3 heteroatoms. The fourth-order valence-corrected chi connectivity index (χ4v) is 3.45. The normalized spacial score (nSPS) is 26.6. The van der Waals surface area contributed by atoms with Gasteiger partial charge < -0.3 is 5.32 Å². The second-order valence-electron chi connectivity index (χ2n) is 5.58. The van der Waals surface area contributed by atoms with Crippen LogP contribution in [0.5, 0.6) is 0 Å². The molecular formula is C15H21FN2. The van der Waals surface area contributed by atoms with E-state index < -0.39 is 6.17 Å². The number of rotatable bonds is 2. The minimum Gasteiger partial charge on any atom is -0.317 e. The second-order valence-corrected chi connectivity index (χ2v) is 5.58. The molecule has 98 valence electrons. The lowest BCUT2D eigenvalue weighted by atomic mass is 9.77. The molecule has 1 aliphatic heterocycles. The van der Waals surface area contributed by atoms with Crippen LogP contribution in [0.2, 0.25) is 0 Å². The van der Waals surface area contributed by atoms with Gasteiger partial charge in [-0.3, -0.25) is 4.98 Å². The number of aryl methyl sites for hydroxylation is 1. The Balaban J connectivity index is 1.80. The summed E-state index contributed by atoms with van der Waals surface area (Å²) in [6.45, 7) is 1.93. The van der Waals surface area contributed by atoms with Crippen LogP contribution in [0.15, 0.2) is 18.3 Å². The van der Waals surface area contributed by atoms with Crippen molar-refractivity contribution < 1.29 is 4.39 Å². The summed E-state index contributed by atoms with van der Waals surface area (Å²) in [5, 5.41) is 3.31. The quantitative estimate of drug-likeness (QED) is 0.870. The van der Waals surface area contributed by atoms with Crippen molar-refractivity contribution in [1.82, 2.24) is 10.3 Å². The first kappa shape index (κ1) is 12.1. The standard InChI is InChI=1S/C15H21FN2/c16-14(11-6-9-17-10-7-11)13-5-1-3-12-4-2-8-18-15(12)13/h2,4,8,11,13-14,17H,1,3,5-7,9-10H2. The van der Waals surface area contributed by atoms with E-state index in [1.807, 2.05) is 12.3 Å². The van der Waals surface area contributed by atoms with Gasteiger partial charge >= 0.3 is 0 Å². The molecule has 0 spiro atoms. The number of fused-ring (bicyclic) bond motifs is 1. The van der Waals surface area contributed by atoms with Crippen LogP contribution in [0.4, 0.5) is 4.39 Å². The van der Waals surface area contributed by atoms with Gasteiger partial charge in [0.25, 0.3) is 0 Å². The Morgan fingerprint density at radius 1 is 1.28 bits per heavy atom. The number of nitrogens with one attached hydrogen (secondary N) is 1. The molecule has 1 aromatic rings. The van der Waals surface area contributed by atoms with Crippen molar-refractivity contribution in [2.75, 3.05) is 13.1 Å². The maximum absolute atomic E-state index is 14.8. The molecular weight excluding hydrogens is 227 g/mol. The molecule has 2 atom stereocenters. The van der Waals surface area contributed by atoms with E-state index in [1.54, 1.807) is 0 Å². The van der Waals surface area contributed by atoms with E-state index in [9.17, 15) is 4.39 Å². The molecule has 0 radical (unpaired) electrons. The zero-order chi connectivity index (χ0) is 12.4. The van der Waals surface area contributed by atoms with Crippen molar-refractivity contribution in [1.29, 1.82) is 0 Å². The maximum atomic E-state index is 14.8. The fraction of sp³-hybridized carbons (Fsp3) is 0.667. The van der Waals surface area contributed by atoms with Crippen LogP contribution in [0.3, 0.4) is 0 Å². The molecule has 1 aromatic heterocycles. The topological polar surface area (TPSA) is 24.9 Å². The van der Waals surface area contributed by atoms with E-state index >= 15 is 0 Å². The smallest absolute Gasteiger partial charge is 0.111 e. The Morgan fingerprint density at radius 3 is 2.94 bits per heavy atom. The highest BCUT2D eigenvalue weighted by molar-refractivity contribution is 5.27. The molecule has 18 heavy (non-hydrogen) atoms. The van der Waals surface area contributed by atoms with E-state index in [0.717, 1.165) is 50.9 Å². The summed E-state index contributed by atoms with van der Waals surface area (Å²) in [4.78, 5) is 4.46. The van der Waals surface area contributed by atoms with Crippen molar-refractivity contribution in [3.8, 4) is 0 Å². The molecule has 1 fully saturated rings. The lowest BCUT2D eigenvalue weighted by Crippen LogP contribution is -2.36. The van der Waals surface area contributed by atoms with E-state index in [4.69, 9.17) is 0 Å². The van der Waals surface area contributed by atoms with Crippen LogP contribution >= 0.6 is 0 Å². The Kier molecular flexibility index (Phi) is 3.59. The van der Waals surface area contributed by atoms with Crippen LogP contribution in [-0.4, -0.2) is 24.2 Å². The summed E-state index contributed by atoms with van der Waals surface area (Å²) in [6, 6.07) is 4.09. The monoisotopic (exact) mass is 248 g/mol. The number of nitrogens with zero attached hydrogens (tertiary/aromatic N) is 1. The molecule has 2 nitrogen and oxygen atoms in total. The summed E-state index contributed by atoms with van der Waals surface area (Å²) < 4.78 is 14.8. The molecule has 1 aliphatic carbocycles. The first-order chi connectivity index (χ1) is 8.86. The Morgan fingerprint density at radius 2 is 2.11 bits per heavy atom. The van der Waals surface area contributed by atoms with Crippen LogP contribution in [0.1, 0.15) is 42.9 Å². The summed E-state index contributed by atoms with van der Waals surface area (Å²) >= 11 is 0. The fourth-order valence-electron chi connectivity index (χ4n) is 3.45. The Labute approximate surface area is 108 Å². The van der Waals surface area contributed by atoms with Gasteiger partial charge in [0.05, 0.1) is 0 Å². The molecule has 0 saturated carbocycles. The van der Waals surface area contributed by atoms with Crippen LogP contribution in [-0.2, 0) is 6.42 Å². The number of piperidine rings is 1. The minimum atomic E-state index is -0.707. The molecule has 0 aromatic carbocycles. The van der Waals surface area contributed by atoms with Crippen molar-refractivity contribution in [2.24, 2.45) is 5.92 Å². The zero-order valence-corrected chi connectivity index (χ0v) is 10.7. The van der Waals surface area contributed by atoms with Crippen LogP contribution in [0.25, 0.3) is 0 Å². The maximum Gasteiger partial charge on any atom is 0.111 e. The zero-order valence-electron chi connectivity index (χ0n) is 10.7. The highest BCUT2D eigenvalue weighted by Crippen LogP contribution is 2.38. The summed E-state index contributed by atoms with van der Waals surface area (Å²) in [5.41, 5.74) is 2.31. The molecule has 0 bridgehead atoms. The predicted molar refractivity (Wildman–Crippen MR) is 70.4 cm³/mol. The third-order valence-electron chi connectivity index (χ3n) is 4.46. The predicted octanol–water partition coefficient (Wildman–Crippen LogP) is 2.84. The largest absolute Gasteiger partial charge is 0.317 e. The van der Waals surface area contributed by atoms with Crippen molar-refractivity contribution >= 4 is 0 Å². The van der Waals surface area contributed by atoms with Crippen molar-refractivity contribution in [3.63, 3.8) is 0 Å². The highest BCUT2D eigenvalue weighted by atomic mass is 19.1. The summed E-state index contributed by atoms with van der Waals surface area (Å²) in [7, 11) is 0. The Bertz CT molecular complexity index is 401. The molecule has 3 rings (SSSR count). The lowest BCUT2D eigenvalue weighted by molar-refractivity contribution is 0.146. The molecule has 0 amide bonds. The van der Waals surface area contributed by atoms with Gasteiger partial charge in [0, 0.05) is 17.8 Å². The molecule has 2 unspecified atom stereocenters. The third kappa shape index (κ3) is 2.28. The summed E-state index contributed by atoms with van der Waals surface area (Å²) in [5.74, 6) is 0.266. The van der Waals surface area contributed by atoms with Crippen molar-refractivity contribution in [2.45, 2.75) is 44.2 Å². The molecule has 2 heterocycles. The number of hydrogen-bond donors (Lipinski definition) is 1. The summed E-state index contributed by atoms with van der Waals surface area (Å²) in [6.07, 6.45) is 6.19. The Hall–Kier alpha value is -0.960. The van der Waals surface area contributed by atoms with Gasteiger partial charge in [-0.1, -0.05) is 6.07 Å². The van der Waals surface area contributed by atoms with E-state index in [2.05, 4.69) is 16.4 Å². The second kappa shape index (κ2) is 5.35.